The summed E-state index contributed by atoms with van der Waals surface area (Å²) in [6, 6.07) is 17.4. The quantitative estimate of drug-likeness (QED) is 0.673. The normalized spacial score (nSPS) is 15.0. The van der Waals surface area contributed by atoms with Crippen molar-refractivity contribution in [2.75, 3.05) is 44.8 Å². The molecule has 0 N–H and O–H groups in total. The maximum Gasteiger partial charge on any atom is 0.313 e. The van der Waals surface area contributed by atoms with Crippen molar-refractivity contribution in [1.29, 1.82) is 0 Å². The highest BCUT2D eigenvalue weighted by Gasteiger charge is 2.25. The van der Waals surface area contributed by atoms with Gasteiger partial charge in [0.15, 0.2) is 6.61 Å². The molecule has 3 rings (SSSR count). The Morgan fingerprint density at radius 1 is 0.966 bits per heavy atom. The number of carbonyl (C=O) groups excluding carboxylic acids is 2. The number of hydrogen-bond acceptors (Lipinski definition) is 5. The molecule has 1 atom stereocenters. The van der Waals surface area contributed by atoms with Crippen molar-refractivity contribution in [1.82, 2.24) is 4.90 Å². The van der Waals surface area contributed by atoms with E-state index in [-0.39, 0.29) is 24.4 Å². The van der Waals surface area contributed by atoms with Crippen LogP contribution >= 0.6 is 0 Å². The number of benzene rings is 2. The van der Waals surface area contributed by atoms with E-state index >= 15 is 0 Å². The smallest absolute Gasteiger partial charge is 0.313 e. The lowest BCUT2D eigenvalue weighted by molar-refractivity contribution is -0.153. The third-order valence-corrected chi connectivity index (χ3v) is 5.29. The number of hydrogen-bond donors (Lipinski definition) is 0. The number of anilines is 1. The number of amides is 1. The molecule has 0 bridgehead atoms. The van der Waals surface area contributed by atoms with Gasteiger partial charge in [-0.25, -0.2) is 0 Å². The summed E-state index contributed by atoms with van der Waals surface area (Å²) in [5, 5.41) is 0. The highest BCUT2D eigenvalue weighted by molar-refractivity contribution is 5.83. The summed E-state index contributed by atoms with van der Waals surface area (Å²) in [7, 11) is 1.66. The Morgan fingerprint density at radius 2 is 1.62 bits per heavy atom. The van der Waals surface area contributed by atoms with E-state index in [0.29, 0.717) is 32.6 Å². The Bertz CT molecular complexity index is 817. The standard InChI is InChI=1S/C23H28N2O4/c1-3-19(18-9-5-4-6-10-18)23(27)29-17-22(26)25-15-13-24(14-16-25)20-11-7-8-12-21(20)28-2/h4-12,19H,3,13-17H2,1-2H3/t19-/m0/s1. The van der Waals surface area contributed by atoms with Crippen molar-refractivity contribution in [2.45, 2.75) is 19.3 Å². The van der Waals surface area contributed by atoms with Crippen molar-refractivity contribution in [3.63, 3.8) is 0 Å². The van der Waals surface area contributed by atoms with Gasteiger partial charge in [-0.1, -0.05) is 49.4 Å². The molecule has 1 fully saturated rings. The van der Waals surface area contributed by atoms with Gasteiger partial charge >= 0.3 is 5.97 Å². The Labute approximate surface area is 172 Å². The lowest BCUT2D eigenvalue weighted by Crippen LogP contribution is -2.50. The summed E-state index contributed by atoms with van der Waals surface area (Å²) in [5.74, 6) is -0.0141. The molecule has 0 saturated carbocycles. The van der Waals surface area contributed by atoms with Crippen LogP contribution in [0, 0.1) is 0 Å². The number of carbonyl (C=O) groups is 2. The molecule has 1 saturated heterocycles. The lowest BCUT2D eigenvalue weighted by Gasteiger charge is -2.36. The molecule has 6 heteroatoms. The minimum Gasteiger partial charge on any atom is -0.495 e. The van der Waals surface area contributed by atoms with E-state index in [1.165, 1.54) is 0 Å². The van der Waals surface area contributed by atoms with Gasteiger partial charge in [0.2, 0.25) is 0 Å². The number of nitrogens with zero attached hydrogens (tertiary/aromatic N) is 2. The van der Waals surface area contributed by atoms with Crippen LogP contribution in [-0.2, 0) is 14.3 Å². The Morgan fingerprint density at radius 3 is 2.28 bits per heavy atom. The van der Waals surface area contributed by atoms with Gasteiger partial charge in [0.25, 0.3) is 5.91 Å². The topological polar surface area (TPSA) is 59.1 Å². The van der Waals surface area contributed by atoms with Gasteiger partial charge in [0.1, 0.15) is 5.75 Å². The van der Waals surface area contributed by atoms with E-state index in [4.69, 9.17) is 9.47 Å². The molecular formula is C23H28N2O4. The van der Waals surface area contributed by atoms with E-state index in [1.54, 1.807) is 12.0 Å². The van der Waals surface area contributed by atoms with Crippen LogP contribution in [0.4, 0.5) is 5.69 Å². The number of piperazine rings is 1. The van der Waals surface area contributed by atoms with E-state index in [2.05, 4.69) is 4.90 Å². The van der Waals surface area contributed by atoms with Gasteiger partial charge in [-0.05, 0) is 24.1 Å². The third kappa shape index (κ3) is 5.08. The molecule has 6 nitrogen and oxygen atoms in total. The van der Waals surface area contributed by atoms with Crippen LogP contribution < -0.4 is 9.64 Å². The van der Waals surface area contributed by atoms with Crippen LogP contribution in [0.25, 0.3) is 0 Å². The van der Waals surface area contributed by atoms with Crippen LogP contribution in [0.2, 0.25) is 0 Å². The first kappa shape index (κ1) is 20.7. The second-order valence-corrected chi connectivity index (χ2v) is 7.02. The predicted octanol–water partition coefficient (Wildman–Crippen LogP) is 3.08. The van der Waals surface area contributed by atoms with Crippen LogP contribution in [0.3, 0.4) is 0 Å². The van der Waals surface area contributed by atoms with Crippen molar-refractivity contribution in [2.24, 2.45) is 0 Å². The molecule has 1 aliphatic heterocycles. The summed E-state index contributed by atoms with van der Waals surface area (Å²) < 4.78 is 10.8. The lowest BCUT2D eigenvalue weighted by atomic mass is 9.97. The molecule has 1 aliphatic rings. The molecule has 0 unspecified atom stereocenters. The van der Waals surface area contributed by atoms with Gasteiger partial charge in [-0.3, -0.25) is 9.59 Å². The third-order valence-electron chi connectivity index (χ3n) is 5.29. The van der Waals surface area contributed by atoms with Gasteiger partial charge in [-0.15, -0.1) is 0 Å². The molecule has 0 aliphatic carbocycles. The summed E-state index contributed by atoms with van der Waals surface area (Å²) >= 11 is 0. The zero-order valence-electron chi connectivity index (χ0n) is 17.0. The van der Waals surface area contributed by atoms with Crippen molar-refractivity contribution in [3.8, 4) is 5.75 Å². The summed E-state index contributed by atoms with van der Waals surface area (Å²) in [4.78, 5) is 28.9. The first-order chi connectivity index (χ1) is 14.1. The summed E-state index contributed by atoms with van der Waals surface area (Å²) in [6.07, 6.45) is 0.634. The van der Waals surface area contributed by atoms with Crippen LogP contribution in [0.15, 0.2) is 54.6 Å². The second-order valence-electron chi connectivity index (χ2n) is 7.02. The molecule has 1 amide bonds. The molecule has 0 aromatic heterocycles. The van der Waals surface area contributed by atoms with Gasteiger partial charge in [0.05, 0.1) is 18.7 Å². The first-order valence-corrected chi connectivity index (χ1v) is 10.0. The minimum absolute atomic E-state index is 0.152. The Hall–Kier alpha value is -3.02. The molecule has 2 aromatic carbocycles. The molecule has 2 aromatic rings. The van der Waals surface area contributed by atoms with Crippen LogP contribution in [0.1, 0.15) is 24.8 Å². The Balaban J connectivity index is 1.50. The Kier molecular flexibility index (Phi) is 7.11. The summed E-state index contributed by atoms with van der Waals surface area (Å²) in [6.45, 7) is 4.33. The van der Waals surface area contributed by atoms with Gasteiger partial charge in [0, 0.05) is 26.2 Å². The van der Waals surface area contributed by atoms with Gasteiger partial charge in [-0.2, -0.15) is 0 Å². The maximum atomic E-state index is 12.5. The number of para-hydroxylation sites is 2. The number of rotatable bonds is 7. The molecule has 0 spiro atoms. The molecule has 1 heterocycles. The number of ether oxygens (including phenoxy) is 2. The average Bonchev–Trinajstić information content (AvgIpc) is 2.78. The fraction of sp³-hybridized carbons (Fsp3) is 0.391. The fourth-order valence-corrected chi connectivity index (χ4v) is 3.64. The molecule has 0 radical (unpaired) electrons. The maximum absolute atomic E-state index is 12.5. The van der Waals surface area contributed by atoms with E-state index < -0.39 is 0 Å². The highest BCUT2D eigenvalue weighted by Crippen LogP contribution is 2.28. The largest absolute Gasteiger partial charge is 0.495 e. The monoisotopic (exact) mass is 396 g/mol. The summed E-state index contributed by atoms with van der Waals surface area (Å²) in [5.41, 5.74) is 1.94. The van der Waals surface area contributed by atoms with E-state index in [1.807, 2.05) is 61.5 Å². The van der Waals surface area contributed by atoms with Crippen molar-refractivity contribution < 1.29 is 19.1 Å². The number of esters is 1. The second kappa shape index (κ2) is 9.96. The molecule has 154 valence electrons. The van der Waals surface area contributed by atoms with Crippen LogP contribution in [0.5, 0.6) is 5.75 Å². The zero-order chi connectivity index (χ0) is 20.6. The minimum atomic E-state index is -0.347. The molecule has 29 heavy (non-hydrogen) atoms. The predicted molar refractivity (Wildman–Crippen MR) is 112 cm³/mol. The van der Waals surface area contributed by atoms with Crippen molar-refractivity contribution in [3.05, 3.63) is 60.2 Å². The first-order valence-electron chi connectivity index (χ1n) is 10.0. The number of methoxy groups -OCH3 is 1. The molecular weight excluding hydrogens is 368 g/mol. The zero-order valence-corrected chi connectivity index (χ0v) is 17.0. The fourth-order valence-electron chi connectivity index (χ4n) is 3.64. The van der Waals surface area contributed by atoms with Crippen molar-refractivity contribution >= 4 is 17.6 Å². The van der Waals surface area contributed by atoms with E-state index in [0.717, 1.165) is 17.0 Å². The van der Waals surface area contributed by atoms with Crippen LogP contribution in [-0.4, -0.2) is 56.7 Å². The van der Waals surface area contributed by atoms with Gasteiger partial charge < -0.3 is 19.3 Å². The average molecular weight is 396 g/mol. The highest BCUT2D eigenvalue weighted by atomic mass is 16.5. The van der Waals surface area contributed by atoms with E-state index in [9.17, 15) is 9.59 Å². The SMILES string of the molecule is CC[C@H](C(=O)OCC(=O)N1CCN(c2ccccc2OC)CC1)c1ccccc1.